The van der Waals surface area contributed by atoms with Gasteiger partial charge in [-0.25, -0.2) is 9.37 Å². The lowest BCUT2D eigenvalue weighted by atomic mass is 9.88. The van der Waals surface area contributed by atoms with Gasteiger partial charge in [0.25, 0.3) is 0 Å². The van der Waals surface area contributed by atoms with Crippen LogP contribution in [0.15, 0.2) is 18.3 Å². The van der Waals surface area contributed by atoms with Crippen LogP contribution >= 0.6 is 7.60 Å². The van der Waals surface area contributed by atoms with Gasteiger partial charge in [0.05, 0.1) is 13.2 Å². The summed E-state index contributed by atoms with van der Waals surface area (Å²) < 4.78 is 34.8. The Bertz CT molecular complexity index is 442. The van der Waals surface area contributed by atoms with Gasteiger partial charge >= 0.3 is 7.60 Å². The maximum atomic E-state index is 12.5. The molecular weight excluding hydrogens is 268 g/mol. The third kappa shape index (κ3) is 4.37. The summed E-state index contributed by atoms with van der Waals surface area (Å²) in [6.07, 6.45) is 1.65. The fourth-order valence-electron chi connectivity index (χ4n) is 1.49. The summed E-state index contributed by atoms with van der Waals surface area (Å²) >= 11 is 0. The molecule has 0 aliphatic rings. The second-order valence-corrected chi connectivity index (χ2v) is 7.06. The standard InChI is InChI=1S/C13H21FNO3P/c1-5-17-19(16,18-9-8-14)12-7-6-11(10-15-12)13(2,3)4/h6-7,10H,5,8-9H2,1-4H3. The molecule has 0 aliphatic heterocycles. The molecule has 4 nitrogen and oxygen atoms in total. The summed E-state index contributed by atoms with van der Waals surface area (Å²) in [4.78, 5) is 4.15. The second-order valence-electron chi connectivity index (χ2n) is 5.09. The van der Waals surface area contributed by atoms with E-state index < -0.39 is 14.3 Å². The summed E-state index contributed by atoms with van der Waals surface area (Å²) in [6, 6.07) is 3.46. The zero-order chi connectivity index (χ0) is 14.5. The van der Waals surface area contributed by atoms with Crippen molar-refractivity contribution in [3.8, 4) is 0 Å². The van der Waals surface area contributed by atoms with Crippen LogP contribution < -0.4 is 5.44 Å². The highest BCUT2D eigenvalue weighted by molar-refractivity contribution is 7.61. The molecule has 1 atom stereocenters. The number of alkyl halides is 1. The minimum absolute atomic E-state index is 0.0407. The van der Waals surface area contributed by atoms with Crippen LogP contribution in [0.25, 0.3) is 0 Å². The minimum atomic E-state index is -3.51. The predicted octanol–water partition coefficient (Wildman–Crippen LogP) is 3.22. The van der Waals surface area contributed by atoms with E-state index in [2.05, 4.69) is 25.8 Å². The molecule has 1 aromatic heterocycles. The van der Waals surface area contributed by atoms with Crippen molar-refractivity contribution in [1.29, 1.82) is 0 Å². The fourth-order valence-corrected chi connectivity index (χ4v) is 2.93. The Labute approximate surface area is 113 Å². The number of halogens is 1. The zero-order valence-corrected chi connectivity index (χ0v) is 12.7. The molecule has 0 amide bonds. The molecule has 0 aliphatic carbocycles. The number of pyridine rings is 1. The first-order valence-electron chi connectivity index (χ1n) is 6.25. The van der Waals surface area contributed by atoms with E-state index >= 15 is 0 Å². The molecule has 0 saturated carbocycles. The largest absolute Gasteiger partial charge is 0.379 e. The van der Waals surface area contributed by atoms with E-state index in [4.69, 9.17) is 9.05 Å². The Morgan fingerprint density at radius 3 is 2.42 bits per heavy atom. The Morgan fingerprint density at radius 2 is 2.00 bits per heavy atom. The van der Waals surface area contributed by atoms with Gasteiger partial charge in [-0.2, -0.15) is 0 Å². The molecule has 1 unspecified atom stereocenters. The van der Waals surface area contributed by atoms with E-state index in [1.54, 1.807) is 19.2 Å². The summed E-state index contributed by atoms with van der Waals surface area (Å²) in [5.74, 6) is 0. The Balaban J connectivity index is 3.01. The monoisotopic (exact) mass is 289 g/mol. The average Bonchev–Trinajstić information content (AvgIpc) is 2.36. The molecule has 0 bridgehead atoms. The molecular formula is C13H21FNO3P. The topological polar surface area (TPSA) is 48.4 Å². The van der Waals surface area contributed by atoms with E-state index in [0.717, 1.165) is 5.56 Å². The van der Waals surface area contributed by atoms with Crippen LogP contribution in [0, 0.1) is 0 Å². The Hall–Kier alpha value is -0.770. The smallest absolute Gasteiger partial charge is 0.304 e. The van der Waals surface area contributed by atoms with Crippen LogP contribution in [0.1, 0.15) is 33.3 Å². The SMILES string of the molecule is CCOP(=O)(OCCF)c1ccc(C(C)(C)C)cn1. The van der Waals surface area contributed by atoms with Gasteiger partial charge in [-0.05, 0) is 24.0 Å². The zero-order valence-electron chi connectivity index (χ0n) is 11.9. The van der Waals surface area contributed by atoms with Crippen LogP contribution in [0.3, 0.4) is 0 Å². The van der Waals surface area contributed by atoms with Gasteiger partial charge in [0.1, 0.15) is 6.67 Å². The van der Waals surface area contributed by atoms with Crippen molar-refractivity contribution in [3.05, 3.63) is 23.9 Å². The maximum Gasteiger partial charge on any atom is 0.379 e. The first kappa shape index (κ1) is 16.3. The van der Waals surface area contributed by atoms with Crippen molar-refractivity contribution in [2.45, 2.75) is 33.1 Å². The van der Waals surface area contributed by atoms with E-state index in [1.165, 1.54) is 0 Å². The molecule has 6 heteroatoms. The first-order chi connectivity index (χ1) is 8.83. The van der Waals surface area contributed by atoms with Crippen LogP contribution in [0.4, 0.5) is 4.39 Å². The maximum absolute atomic E-state index is 12.5. The molecule has 1 heterocycles. The van der Waals surface area contributed by atoms with Crippen LogP contribution in [0.5, 0.6) is 0 Å². The van der Waals surface area contributed by atoms with Crippen LogP contribution in [0.2, 0.25) is 0 Å². The summed E-state index contributed by atoms with van der Waals surface area (Å²) in [5, 5.41) is 0. The van der Waals surface area contributed by atoms with Crippen LogP contribution in [-0.4, -0.2) is 24.9 Å². The predicted molar refractivity (Wildman–Crippen MR) is 73.7 cm³/mol. The molecule has 19 heavy (non-hydrogen) atoms. The first-order valence-corrected chi connectivity index (χ1v) is 7.80. The van der Waals surface area contributed by atoms with Gasteiger partial charge in [-0.1, -0.05) is 26.8 Å². The Kier molecular flexibility index (Phi) is 5.65. The van der Waals surface area contributed by atoms with Crippen molar-refractivity contribution < 1.29 is 18.0 Å². The number of hydrogen-bond donors (Lipinski definition) is 0. The number of aromatic nitrogens is 1. The number of hydrogen-bond acceptors (Lipinski definition) is 4. The van der Waals surface area contributed by atoms with E-state index in [1.807, 2.05) is 6.07 Å². The van der Waals surface area contributed by atoms with Gasteiger partial charge in [-0.15, -0.1) is 0 Å². The quantitative estimate of drug-likeness (QED) is 0.754. The normalized spacial score (nSPS) is 15.2. The molecule has 0 spiro atoms. The molecule has 1 aromatic rings. The van der Waals surface area contributed by atoms with Gasteiger partial charge in [0, 0.05) is 6.20 Å². The van der Waals surface area contributed by atoms with E-state index in [0.29, 0.717) is 0 Å². The van der Waals surface area contributed by atoms with Gasteiger partial charge in [0.2, 0.25) is 0 Å². The highest BCUT2D eigenvalue weighted by atomic mass is 31.2. The van der Waals surface area contributed by atoms with Crippen molar-refractivity contribution in [3.63, 3.8) is 0 Å². The highest BCUT2D eigenvalue weighted by Crippen LogP contribution is 2.46. The second kappa shape index (κ2) is 6.60. The number of nitrogens with zero attached hydrogens (tertiary/aromatic N) is 1. The van der Waals surface area contributed by atoms with Gasteiger partial charge in [0.15, 0.2) is 5.44 Å². The number of rotatable bonds is 6. The lowest BCUT2D eigenvalue weighted by molar-refractivity contribution is 0.205. The third-order valence-corrected chi connectivity index (χ3v) is 4.48. The summed E-state index contributed by atoms with van der Waals surface area (Å²) in [7, 11) is -3.51. The lowest BCUT2D eigenvalue weighted by Gasteiger charge is -2.20. The van der Waals surface area contributed by atoms with Gasteiger partial charge < -0.3 is 9.05 Å². The average molecular weight is 289 g/mol. The van der Waals surface area contributed by atoms with Crippen molar-refractivity contribution in [2.24, 2.45) is 0 Å². The summed E-state index contributed by atoms with van der Waals surface area (Å²) in [6.45, 7) is 7.13. The molecule has 0 N–H and O–H groups in total. The van der Waals surface area contributed by atoms with Crippen molar-refractivity contribution in [2.75, 3.05) is 19.9 Å². The van der Waals surface area contributed by atoms with E-state index in [9.17, 15) is 8.96 Å². The molecule has 0 saturated heterocycles. The van der Waals surface area contributed by atoms with Gasteiger partial charge in [-0.3, -0.25) is 4.57 Å². The minimum Gasteiger partial charge on any atom is -0.304 e. The Morgan fingerprint density at radius 1 is 1.32 bits per heavy atom. The molecule has 108 valence electrons. The summed E-state index contributed by atoms with van der Waals surface area (Å²) in [5.41, 5.74) is 1.20. The van der Waals surface area contributed by atoms with E-state index in [-0.39, 0.29) is 24.1 Å². The van der Waals surface area contributed by atoms with Crippen LogP contribution in [-0.2, 0) is 19.0 Å². The lowest BCUT2D eigenvalue weighted by Crippen LogP contribution is -2.18. The molecule has 0 radical (unpaired) electrons. The molecule has 0 fully saturated rings. The molecule has 0 aromatic carbocycles. The van der Waals surface area contributed by atoms with Crippen molar-refractivity contribution >= 4 is 13.0 Å². The highest BCUT2D eigenvalue weighted by Gasteiger charge is 2.29. The molecule has 1 rings (SSSR count). The fraction of sp³-hybridized carbons (Fsp3) is 0.615. The van der Waals surface area contributed by atoms with Crippen molar-refractivity contribution in [1.82, 2.24) is 4.98 Å². The third-order valence-electron chi connectivity index (χ3n) is 2.53.